The summed E-state index contributed by atoms with van der Waals surface area (Å²) < 4.78 is 19.6. The van der Waals surface area contributed by atoms with Crippen LogP contribution in [-0.4, -0.2) is 16.0 Å². The molecule has 5 nitrogen and oxygen atoms in total. The Morgan fingerprint density at radius 3 is 2.60 bits per heavy atom. The molecule has 0 aliphatic rings. The van der Waals surface area contributed by atoms with Crippen LogP contribution < -0.4 is 5.32 Å². The molecule has 30 heavy (non-hydrogen) atoms. The number of benzene rings is 2. The molecule has 2 aromatic heterocycles. The first-order chi connectivity index (χ1) is 14.5. The first kappa shape index (κ1) is 19.8. The summed E-state index contributed by atoms with van der Waals surface area (Å²) in [7, 11) is 0. The van der Waals surface area contributed by atoms with Gasteiger partial charge in [0.25, 0.3) is 0 Å². The molecule has 0 saturated heterocycles. The van der Waals surface area contributed by atoms with Crippen LogP contribution in [0, 0.1) is 12.7 Å². The zero-order valence-corrected chi connectivity index (χ0v) is 16.8. The monoisotopic (exact) mass is 421 g/mol. The van der Waals surface area contributed by atoms with E-state index in [0.717, 1.165) is 5.56 Å². The van der Waals surface area contributed by atoms with E-state index in [0.29, 0.717) is 33.0 Å². The molecular formula is C23H17ClFN3O2. The number of carbonyl (C=O) groups excluding carboxylic acids is 1. The molecule has 2 heterocycles. The van der Waals surface area contributed by atoms with Crippen LogP contribution in [0.4, 0.5) is 10.3 Å². The number of amides is 1. The summed E-state index contributed by atoms with van der Waals surface area (Å²) in [4.78, 5) is 16.7. The van der Waals surface area contributed by atoms with E-state index in [1.807, 2.05) is 6.07 Å². The number of rotatable bonds is 5. The van der Waals surface area contributed by atoms with E-state index in [2.05, 4.69) is 15.5 Å². The molecule has 1 amide bonds. The van der Waals surface area contributed by atoms with Crippen LogP contribution >= 0.6 is 11.6 Å². The molecular weight excluding hydrogens is 405 g/mol. The fourth-order valence-electron chi connectivity index (χ4n) is 3.08. The lowest BCUT2D eigenvalue weighted by Crippen LogP contribution is -2.14. The standard InChI is InChI=1S/C23H17ClFN3O2/c1-14-6-7-17(12-19(14)25)22-21(15-8-10-26-11-9-15)23(30-28-22)27-20(29)13-16-4-2-3-5-18(16)24/h2-12H,13H2,1H3,(H,27,29). The summed E-state index contributed by atoms with van der Waals surface area (Å²) >= 11 is 6.15. The topological polar surface area (TPSA) is 68.0 Å². The lowest BCUT2D eigenvalue weighted by atomic mass is 10.0. The number of nitrogens with one attached hydrogen (secondary N) is 1. The van der Waals surface area contributed by atoms with Crippen molar-refractivity contribution in [1.29, 1.82) is 0 Å². The first-order valence-electron chi connectivity index (χ1n) is 9.23. The molecule has 0 spiro atoms. The molecule has 0 fully saturated rings. The van der Waals surface area contributed by atoms with Gasteiger partial charge in [-0.1, -0.05) is 47.1 Å². The first-order valence-corrected chi connectivity index (χ1v) is 9.60. The Bertz CT molecular complexity index is 1210. The van der Waals surface area contributed by atoms with E-state index in [9.17, 15) is 9.18 Å². The van der Waals surface area contributed by atoms with Gasteiger partial charge in [-0.25, -0.2) is 4.39 Å². The maximum atomic E-state index is 14.1. The third kappa shape index (κ3) is 4.09. The fourth-order valence-corrected chi connectivity index (χ4v) is 3.29. The van der Waals surface area contributed by atoms with Crippen LogP contribution in [0.2, 0.25) is 5.02 Å². The van der Waals surface area contributed by atoms with E-state index in [4.69, 9.17) is 16.1 Å². The molecule has 4 aromatic rings. The van der Waals surface area contributed by atoms with Gasteiger partial charge in [0, 0.05) is 23.0 Å². The molecule has 4 rings (SSSR count). The highest BCUT2D eigenvalue weighted by molar-refractivity contribution is 6.31. The van der Waals surface area contributed by atoms with Crippen LogP contribution in [0.5, 0.6) is 0 Å². The van der Waals surface area contributed by atoms with Crippen molar-refractivity contribution in [3.05, 3.63) is 89.0 Å². The molecule has 0 radical (unpaired) electrons. The van der Waals surface area contributed by atoms with Gasteiger partial charge in [0.15, 0.2) is 0 Å². The molecule has 1 N–H and O–H groups in total. The fraction of sp³-hybridized carbons (Fsp3) is 0.0870. The lowest BCUT2D eigenvalue weighted by Gasteiger charge is -2.07. The van der Waals surface area contributed by atoms with Crippen LogP contribution in [0.3, 0.4) is 0 Å². The zero-order chi connectivity index (χ0) is 21.1. The van der Waals surface area contributed by atoms with Gasteiger partial charge in [-0.2, -0.15) is 0 Å². The average molecular weight is 422 g/mol. The van der Waals surface area contributed by atoms with Crippen LogP contribution in [0.15, 0.2) is 71.5 Å². The minimum Gasteiger partial charge on any atom is -0.337 e. The highest BCUT2D eigenvalue weighted by Gasteiger charge is 2.22. The summed E-state index contributed by atoms with van der Waals surface area (Å²) in [6, 6.07) is 15.5. The number of carbonyl (C=O) groups is 1. The van der Waals surface area contributed by atoms with Gasteiger partial charge in [-0.3, -0.25) is 15.1 Å². The highest BCUT2D eigenvalue weighted by atomic mass is 35.5. The van der Waals surface area contributed by atoms with Gasteiger partial charge >= 0.3 is 0 Å². The molecule has 0 aliphatic heterocycles. The molecule has 0 unspecified atom stereocenters. The van der Waals surface area contributed by atoms with Gasteiger partial charge in [0.2, 0.25) is 11.8 Å². The Morgan fingerprint density at radius 1 is 1.10 bits per heavy atom. The van der Waals surface area contributed by atoms with E-state index in [1.165, 1.54) is 6.07 Å². The number of aromatic nitrogens is 2. The third-order valence-electron chi connectivity index (χ3n) is 4.67. The smallest absolute Gasteiger partial charge is 0.239 e. The Kier molecular flexibility index (Phi) is 5.59. The molecule has 150 valence electrons. The lowest BCUT2D eigenvalue weighted by molar-refractivity contribution is -0.115. The molecule has 2 aromatic carbocycles. The van der Waals surface area contributed by atoms with Gasteiger partial charge < -0.3 is 4.52 Å². The van der Waals surface area contributed by atoms with E-state index in [-0.39, 0.29) is 24.0 Å². The van der Waals surface area contributed by atoms with Gasteiger partial charge in [0.1, 0.15) is 11.5 Å². The van der Waals surface area contributed by atoms with Crippen LogP contribution in [0.1, 0.15) is 11.1 Å². The largest absolute Gasteiger partial charge is 0.337 e. The summed E-state index contributed by atoms with van der Waals surface area (Å²) in [6.45, 7) is 1.69. The Labute approximate surface area is 177 Å². The average Bonchev–Trinajstić information content (AvgIpc) is 3.15. The molecule has 0 atom stereocenters. The van der Waals surface area contributed by atoms with Crippen molar-refractivity contribution in [2.75, 3.05) is 5.32 Å². The van der Waals surface area contributed by atoms with Crippen molar-refractivity contribution in [2.24, 2.45) is 0 Å². The van der Waals surface area contributed by atoms with E-state index >= 15 is 0 Å². The SMILES string of the molecule is Cc1ccc(-c2noc(NC(=O)Cc3ccccc3Cl)c2-c2ccncc2)cc1F. The second-order valence-corrected chi connectivity index (χ2v) is 7.16. The predicted octanol–water partition coefficient (Wildman–Crippen LogP) is 5.69. The third-order valence-corrected chi connectivity index (χ3v) is 5.04. The Hall–Kier alpha value is -3.51. The van der Waals surface area contributed by atoms with Crippen molar-refractivity contribution in [2.45, 2.75) is 13.3 Å². The molecule has 0 saturated carbocycles. The number of halogens is 2. The van der Waals surface area contributed by atoms with Crippen molar-refractivity contribution in [1.82, 2.24) is 10.1 Å². The minimum absolute atomic E-state index is 0.0741. The van der Waals surface area contributed by atoms with Gasteiger partial charge in [-0.15, -0.1) is 0 Å². The van der Waals surface area contributed by atoms with Crippen molar-refractivity contribution < 1.29 is 13.7 Å². The quantitative estimate of drug-likeness (QED) is 0.449. The van der Waals surface area contributed by atoms with Crippen molar-refractivity contribution in [3.8, 4) is 22.4 Å². The summed E-state index contributed by atoms with van der Waals surface area (Å²) in [5.74, 6) is -0.481. The van der Waals surface area contributed by atoms with Crippen LogP contribution in [0.25, 0.3) is 22.4 Å². The van der Waals surface area contributed by atoms with Crippen molar-refractivity contribution >= 4 is 23.4 Å². The summed E-state index contributed by atoms with van der Waals surface area (Å²) in [6.07, 6.45) is 3.32. The Balaban J connectivity index is 1.71. The van der Waals surface area contributed by atoms with Crippen molar-refractivity contribution in [3.63, 3.8) is 0 Å². The number of aryl methyl sites for hydroxylation is 1. The van der Waals surface area contributed by atoms with Gasteiger partial charge in [0.05, 0.1) is 12.0 Å². The summed E-state index contributed by atoms with van der Waals surface area (Å²) in [5.41, 5.74) is 3.47. The maximum Gasteiger partial charge on any atom is 0.239 e. The second kappa shape index (κ2) is 8.47. The zero-order valence-electron chi connectivity index (χ0n) is 16.0. The minimum atomic E-state index is -0.347. The number of pyridine rings is 1. The number of nitrogens with zero attached hydrogens (tertiary/aromatic N) is 2. The normalized spacial score (nSPS) is 10.8. The summed E-state index contributed by atoms with van der Waals surface area (Å²) in [5, 5.41) is 7.38. The van der Waals surface area contributed by atoms with E-state index < -0.39 is 0 Å². The van der Waals surface area contributed by atoms with E-state index in [1.54, 1.807) is 61.8 Å². The van der Waals surface area contributed by atoms with Crippen LogP contribution in [-0.2, 0) is 11.2 Å². The van der Waals surface area contributed by atoms with Gasteiger partial charge in [-0.05, 0) is 47.9 Å². The number of hydrogen-bond donors (Lipinski definition) is 1. The predicted molar refractivity (Wildman–Crippen MR) is 114 cm³/mol. The second-order valence-electron chi connectivity index (χ2n) is 6.75. The maximum absolute atomic E-state index is 14.1. The molecule has 0 aliphatic carbocycles. The Morgan fingerprint density at radius 2 is 1.87 bits per heavy atom. The highest BCUT2D eigenvalue weighted by Crippen LogP contribution is 2.38. The number of anilines is 1. The molecule has 0 bridgehead atoms. The number of hydrogen-bond acceptors (Lipinski definition) is 4. The molecule has 7 heteroatoms.